The lowest BCUT2D eigenvalue weighted by Gasteiger charge is -2.12. The summed E-state index contributed by atoms with van der Waals surface area (Å²) in [6.45, 7) is 2.10. The SMILES string of the molecule is CN(C)Cc1cccc(OCCCNC(=O)CSCc2ccco2)c1. The molecule has 25 heavy (non-hydrogen) atoms. The molecule has 0 aliphatic rings. The van der Waals surface area contributed by atoms with Crippen molar-refractivity contribution in [3.63, 3.8) is 0 Å². The zero-order chi connectivity index (χ0) is 17.9. The number of hydrogen-bond acceptors (Lipinski definition) is 5. The van der Waals surface area contributed by atoms with Crippen LogP contribution in [0.4, 0.5) is 0 Å². The highest BCUT2D eigenvalue weighted by molar-refractivity contribution is 7.99. The van der Waals surface area contributed by atoms with Crippen molar-refractivity contribution >= 4 is 17.7 Å². The third-order valence-electron chi connectivity index (χ3n) is 3.37. The molecule has 0 saturated heterocycles. The second-order valence-corrected chi connectivity index (χ2v) is 6.99. The molecule has 1 aromatic heterocycles. The van der Waals surface area contributed by atoms with Crippen LogP contribution in [0.15, 0.2) is 47.1 Å². The summed E-state index contributed by atoms with van der Waals surface area (Å²) in [5, 5.41) is 2.91. The van der Waals surface area contributed by atoms with Gasteiger partial charge in [0.1, 0.15) is 11.5 Å². The van der Waals surface area contributed by atoms with Crippen LogP contribution in [-0.2, 0) is 17.1 Å². The molecule has 136 valence electrons. The van der Waals surface area contributed by atoms with Crippen LogP contribution >= 0.6 is 11.8 Å². The van der Waals surface area contributed by atoms with Gasteiger partial charge in [-0.1, -0.05) is 12.1 Å². The van der Waals surface area contributed by atoms with Crippen LogP contribution in [0.5, 0.6) is 5.75 Å². The van der Waals surface area contributed by atoms with Crippen LogP contribution in [-0.4, -0.2) is 43.8 Å². The predicted molar refractivity (Wildman–Crippen MR) is 102 cm³/mol. The lowest BCUT2D eigenvalue weighted by molar-refractivity contribution is -0.118. The minimum atomic E-state index is 0.0459. The quantitative estimate of drug-likeness (QED) is 0.622. The molecule has 0 bridgehead atoms. The fraction of sp³-hybridized carbons (Fsp3) is 0.421. The monoisotopic (exact) mass is 362 g/mol. The Labute approximate surface area is 153 Å². The zero-order valence-electron chi connectivity index (χ0n) is 14.9. The molecule has 0 unspecified atom stereocenters. The summed E-state index contributed by atoms with van der Waals surface area (Å²) in [6, 6.07) is 11.9. The van der Waals surface area contributed by atoms with Gasteiger partial charge in [-0.15, -0.1) is 11.8 Å². The van der Waals surface area contributed by atoms with Gasteiger partial charge in [0.2, 0.25) is 5.91 Å². The summed E-state index contributed by atoms with van der Waals surface area (Å²) in [6.07, 6.45) is 2.43. The summed E-state index contributed by atoms with van der Waals surface area (Å²) in [5.41, 5.74) is 1.23. The fourth-order valence-corrected chi connectivity index (χ4v) is 3.03. The number of thioether (sulfide) groups is 1. The topological polar surface area (TPSA) is 54.7 Å². The molecule has 1 N–H and O–H groups in total. The van der Waals surface area contributed by atoms with E-state index >= 15 is 0 Å². The molecule has 0 atom stereocenters. The normalized spacial score (nSPS) is 10.8. The number of benzene rings is 1. The van der Waals surface area contributed by atoms with E-state index in [4.69, 9.17) is 9.15 Å². The standard InChI is InChI=1S/C19H26N2O3S/c1-21(2)13-16-6-3-7-17(12-16)23-11-5-9-20-19(22)15-25-14-18-8-4-10-24-18/h3-4,6-8,10,12H,5,9,11,13-15H2,1-2H3,(H,20,22). The molecule has 5 nitrogen and oxygen atoms in total. The third-order valence-corrected chi connectivity index (χ3v) is 4.32. The van der Waals surface area contributed by atoms with Crippen molar-refractivity contribution in [3.8, 4) is 5.75 Å². The molecule has 1 aromatic carbocycles. The Morgan fingerprint density at radius 2 is 2.16 bits per heavy atom. The Morgan fingerprint density at radius 3 is 2.92 bits per heavy atom. The first kappa shape index (κ1) is 19.4. The highest BCUT2D eigenvalue weighted by Gasteiger charge is 2.03. The van der Waals surface area contributed by atoms with Crippen molar-refractivity contribution in [3.05, 3.63) is 54.0 Å². The van der Waals surface area contributed by atoms with E-state index in [1.54, 1.807) is 18.0 Å². The first-order chi connectivity index (χ1) is 12.1. The van der Waals surface area contributed by atoms with Crippen molar-refractivity contribution in [2.45, 2.75) is 18.7 Å². The Balaban J connectivity index is 1.54. The number of carbonyl (C=O) groups excluding carboxylic acids is 1. The summed E-state index contributed by atoms with van der Waals surface area (Å²) in [4.78, 5) is 13.9. The number of ether oxygens (including phenoxy) is 1. The smallest absolute Gasteiger partial charge is 0.230 e. The molecule has 0 saturated carbocycles. The number of hydrogen-bond donors (Lipinski definition) is 1. The summed E-state index contributed by atoms with van der Waals surface area (Å²) >= 11 is 1.55. The average molecular weight is 362 g/mol. The van der Waals surface area contributed by atoms with Crippen molar-refractivity contribution in [2.24, 2.45) is 0 Å². The number of amides is 1. The minimum Gasteiger partial charge on any atom is -0.494 e. The second-order valence-electron chi connectivity index (χ2n) is 6.01. The lowest BCUT2D eigenvalue weighted by atomic mass is 10.2. The van der Waals surface area contributed by atoms with E-state index in [1.807, 2.05) is 38.4 Å². The Kier molecular flexibility index (Phi) is 8.42. The Hall–Kier alpha value is -1.92. The van der Waals surface area contributed by atoms with E-state index in [0.717, 1.165) is 24.5 Å². The lowest BCUT2D eigenvalue weighted by Crippen LogP contribution is -2.27. The van der Waals surface area contributed by atoms with Gasteiger partial charge < -0.3 is 19.4 Å². The molecule has 0 aliphatic heterocycles. The van der Waals surface area contributed by atoms with Crippen molar-refractivity contribution in [2.75, 3.05) is 33.0 Å². The van der Waals surface area contributed by atoms with Gasteiger partial charge in [-0.05, 0) is 50.3 Å². The molecule has 1 heterocycles. The predicted octanol–water partition coefficient (Wildman–Crippen LogP) is 3.16. The summed E-state index contributed by atoms with van der Waals surface area (Å²) < 4.78 is 11.0. The maximum absolute atomic E-state index is 11.7. The highest BCUT2D eigenvalue weighted by Crippen LogP contribution is 2.14. The molecule has 2 rings (SSSR count). The Bertz CT molecular complexity index is 629. The molecule has 0 radical (unpaired) electrons. The largest absolute Gasteiger partial charge is 0.494 e. The molecular formula is C19H26N2O3S. The van der Waals surface area contributed by atoms with Gasteiger partial charge in [-0.25, -0.2) is 0 Å². The highest BCUT2D eigenvalue weighted by atomic mass is 32.2. The van der Waals surface area contributed by atoms with Crippen LogP contribution in [0.25, 0.3) is 0 Å². The van der Waals surface area contributed by atoms with Gasteiger partial charge in [0, 0.05) is 13.1 Å². The van der Waals surface area contributed by atoms with Crippen LogP contribution in [0, 0.1) is 0 Å². The number of nitrogens with one attached hydrogen (secondary N) is 1. The Morgan fingerprint density at radius 1 is 1.28 bits per heavy atom. The van der Waals surface area contributed by atoms with Crippen LogP contribution < -0.4 is 10.1 Å². The molecule has 0 aliphatic carbocycles. The maximum Gasteiger partial charge on any atom is 0.230 e. The van der Waals surface area contributed by atoms with Gasteiger partial charge in [0.25, 0.3) is 0 Å². The van der Waals surface area contributed by atoms with Crippen LogP contribution in [0.1, 0.15) is 17.7 Å². The molecule has 0 spiro atoms. The third kappa shape index (κ3) is 8.14. The van der Waals surface area contributed by atoms with Crippen molar-refractivity contribution < 1.29 is 13.9 Å². The molecule has 6 heteroatoms. The molecule has 1 amide bonds. The zero-order valence-corrected chi connectivity index (χ0v) is 15.7. The molecule has 0 fully saturated rings. The fourth-order valence-electron chi connectivity index (χ4n) is 2.28. The van der Waals surface area contributed by atoms with E-state index in [2.05, 4.69) is 22.3 Å². The van der Waals surface area contributed by atoms with E-state index in [9.17, 15) is 4.79 Å². The number of furan rings is 1. The summed E-state index contributed by atoms with van der Waals surface area (Å²) in [5.74, 6) is 2.97. The van der Waals surface area contributed by atoms with Gasteiger partial charge in [0.15, 0.2) is 0 Å². The second kappa shape index (κ2) is 10.8. The number of carbonyl (C=O) groups is 1. The van der Waals surface area contributed by atoms with E-state index < -0.39 is 0 Å². The maximum atomic E-state index is 11.7. The number of rotatable bonds is 11. The number of nitrogens with zero attached hydrogens (tertiary/aromatic N) is 1. The molecular weight excluding hydrogens is 336 g/mol. The average Bonchev–Trinajstić information content (AvgIpc) is 3.08. The first-order valence-electron chi connectivity index (χ1n) is 8.37. The van der Waals surface area contributed by atoms with Crippen molar-refractivity contribution in [1.82, 2.24) is 10.2 Å². The van der Waals surface area contributed by atoms with Gasteiger partial charge >= 0.3 is 0 Å². The van der Waals surface area contributed by atoms with Crippen LogP contribution in [0.2, 0.25) is 0 Å². The minimum absolute atomic E-state index is 0.0459. The van der Waals surface area contributed by atoms with Crippen molar-refractivity contribution in [1.29, 1.82) is 0 Å². The first-order valence-corrected chi connectivity index (χ1v) is 9.52. The molecule has 2 aromatic rings. The van der Waals surface area contributed by atoms with E-state index in [0.29, 0.717) is 24.7 Å². The van der Waals surface area contributed by atoms with E-state index in [-0.39, 0.29) is 5.91 Å². The summed E-state index contributed by atoms with van der Waals surface area (Å²) in [7, 11) is 4.09. The van der Waals surface area contributed by atoms with Gasteiger partial charge in [-0.3, -0.25) is 4.79 Å². The van der Waals surface area contributed by atoms with E-state index in [1.165, 1.54) is 5.56 Å². The van der Waals surface area contributed by atoms with Gasteiger partial charge in [0.05, 0.1) is 24.4 Å². The van der Waals surface area contributed by atoms with Gasteiger partial charge in [-0.2, -0.15) is 0 Å². The van der Waals surface area contributed by atoms with Crippen LogP contribution in [0.3, 0.4) is 0 Å².